The van der Waals surface area contributed by atoms with E-state index in [1.807, 2.05) is 0 Å². The van der Waals surface area contributed by atoms with Gasteiger partial charge in [0.15, 0.2) is 0 Å². The summed E-state index contributed by atoms with van der Waals surface area (Å²) in [4.78, 5) is 40.7. The monoisotopic (exact) mass is 397 g/mol. The SMILES string of the molecule is CCC.CN([C-]=O)[C-]=O.O=[C-]N([C-]=O)CC1CC2CCC1C2.[Y]. The van der Waals surface area contributed by atoms with Crippen LogP contribution < -0.4 is 0 Å². The second kappa shape index (κ2) is 14.9. The molecule has 0 aliphatic heterocycles. The fraction of sp³-hybridized carbons (Fsp3) is 0.750. The van der Waals surface area contributed by atoms with Crippen molar-refractivity contribution in [3.05, 3.63) is 0 Å². The third-order valence-corrected chi connectivity index (χ3v) is 3.80. The fourth-order valence-electron chi connectivity index (χ4n) is 2.95. The number of amides is 4. The smallest absolute Gasteiger partial charge is 0 e. The summed E-state index contributed by atoms with van der Waals surface area (Å²) in [5.41, 5.74) is 0. The Kier molecular flexibility index (Phi) is 16.0. The molecule has 2 aliphatic carbocycles. The van der Waals surface area contributed by atoms with Gasteiger partial charge in [0.1, 0.15) is 0 Å². The molecule has 6 nitrogen and oxygen atoms in total. The normalized spacial score (nSPS) is 23.0. The minimum atomic E-state index is 0. The third kappa shape index (κ3) is 9.97. The van der Waals surface area contributed by atoms with Crippen LogP contribution in [-0.4, -0.2) is 49.0 Å². The fourth-order valence-corrected chi connectivity index (χ4v) is 2.95. The zero-order valence-electron chi connectivity index (χ0n) is 14.1. The Morgan fingerprint density at radius 3 is 1.70 bits per heavy atom. The number of hydrogen-bond acceptors (Lipinski definition) is 4. The Morgan fingerprint density at radius 1 is 0.913 bits per heavy atom. The second-order valence-corrected chi connectivity index (χ2v) is 5.68. The molecule has 1 radical (unpaired) electrons. The molecule has 129 valence electrons. The van der Waals surface area contributed by atoms with E-state index in [0.717, 1.165) is 16.7 Å². The van der Waals surface area contributed by atoms with Crippen LogP contribution in [0.3, 0.4) is 0 Å². The molecule has 2 rings (SSSR count). The molecule has 3 atom stereocenters. The number of hydrogen-bond donors (Lipinski definition) is 0. The van der Waals surface area contributed by atoms with Crippen molar-refractivity contribution in [1.82, 2.24) is 9.80 Å². The molecule has 0 aromatic heterocycles. The van der Waals surface area contributed by atoms with Crippen LogP contribution in [0.1, 0.15) is 46.0 Å². The Hall–Kier alpha value is -0.616. The first-order chi connectivity index (χ1) is 10.6. The third-order valence-electron chi connectivity index (χ3n) is 3.80. The van der Waals surface area contributed by atoms with Gasteiger partial charge in [0.05, 0.1) is 0 Å². The minimum Gasteiger partial charge on any atom is -0.639 e. The van der Waals surface area contributed by atoms with Crippen LogP contribution in [0.2, 0.25) is 0 Å². The molecule has 0 heterocycles. The summed E-state index contributed by atoms with van der Waals surface area (Å²) in [6.45, 7) is 4.79. The molecular formula is C16H24N2O4Y-4. The van der Waals surface area contributed by atoms with Crippen LogP contribution in [0.4, 0.5) is 0 Å². The maximum Gasteiger partial charge on any atom is 0 e. The van der Waals surface area contributed by atoms with Gasteiger partial charge in [-0.15, -0.1) is 0 Å². The average Bonchev–Trinajstić information content (AvgIpc) is 3.15. The number of fused-ring (bicyclic) bond motifs is 2. The molecule has 0 aromatic rings. The molecule has 2 saturated carbocycles. The first-order valence-electron chi connectivity index (χ1n) is 7.58. The summed E-state index contributed by atoms with van der Waals surface area (Å²) in [7, 11) is 1.26. The van der Waals surface area contributed by atoms with Gasteiger partial charge in [-0.25, -0.2) is 0 Å². The first kappa shape index (κ1) is 24.6. The van der Waals surface area contributed by atoms with Gasteiger partial charge in [-0.2, -0.15) is 25.6 Å². The average molecular weight is 397 g/mol. The molecule has 0 saturated heterocycles. The summed E-state index contributed by atoms with van der Waals surface area (Å²) in [6, 6.07) is 0. The molecule has 2 aliphatic rings. The number of carbonyl (C=O) groups excluding carboxylic acids is 4. The molecule has 0 N–H and O–H groups in total. The van der Waals surface area contributed by atoms with Crippen LogP contribution in [0, 0.1) is 17.8 Å². The number of rotatable bonds is 6. The molecular weight excluding hydrogens is 373 g/mol. The van der Waals surface area contributed by atoms with Crippen molar-refractivity contribution >= 4 is 25.6 Å². The topological polar surface area (TPSA) is 74.8 Å². The van der Waals surface area contributed by atoms with Gasteiger partial charge in [-0.1, -0.05) is 26.7 Å². The van der Waals surface area contributed by atoms with Crippen molar-refractivity contribution in [3.63, 3.8) is 0 Å². The molecule has 7 heteroatoms. The second-order valence-electron chi connectivity index (χ2n) is 5.68. The van der Waals surface area contributed by atoms with E-state index in [2.05, 4.69) is 13.8 Å². The van der Waals surface area contributed by atoms with E-state index in [0.29, 0.717) is 17.4 Å². The maximum atomic E-state index is 10.3. The molecule has 4 amide bonds. The van der Waals surface area contributed by atoms with Gasteiger partial charge >= 0.3 is 0 Å². The van der Waals surface area contributed by atoms with E-state index in [9.17, 15) is 19.2 Å². The van der Waals surface area contributed by atoms with Crippen LogP contribution >= 0.6 is 0 Å². The van der Waals surface area contributed by atoms with Crippen molar-refractivity contribution in [2.24, 2.45) is 17.8 Å². The maximum absolute atomic E-state index is 10.3. The van der Waals surface area contributed by atoms with Crippen LogP contribution in [0.25, 0.3) is 0 Å². The van der Waals surface area contributed by atoms with E-state index in [-0.39, 0.29) is 32.7 Å². The van der Waals surface area contributed by atoms with Crippen molar-refractivity contribution in [1.29, 1.82) is 0 Å². The van der Waals surface area contributed by atoms with Gasteiger partial charge < -0.3 is 29.0 Å². The van der Waals surface area contributed by atoms with Crippen molar-refractivity contribution in [2.75, 3.05) is 13.6 Å². The standard InChI is InChI=1S/C10H13NO2.C3H3NO2.C3H8.Y/c12-6-11(7-13)5-10-4-8-1-2-9(10)3-8;1-4(2-5)3-6;1-3-2;/h8-10H,1-5H2;1H3;3H2,1-2H3;/q2*-2;;. The molecule has 2 bridgehead atoms. The van der Waals surface area contributed by atoms with Crippen LogP contribution in [-0.2, 0) is 51.9 Å². The Labute approximate surface area is 164 Å². The van der Waals surface area contributed by atoms with E-state index < -0.39 is 0 Å². The molecule has 23 heavy (non-hydrogen) atoms. The summed E-state index contributed by atoms with van der Waals surface area (Å²) in [5.74, 6) is 2.13. The predicted octanol–water partition coefficient (Wildman–Crippen LogP) is 1.33. The summed E-state index contributed by atoms with van der Waals surface area (Å²) in [5, 5.41) is 0. The van der Waals surface area contributed by atoms with Crippen molar-refractivity contribution in [3.8, 4) is 0 Å². The largest absolute Gasteiger partial charge is 0.639 e. The Balaban J connectivity index is 0. The zero-order valence-corrected chi connectivity index (χ0v) is 16.9. The molecule has 0 spiro atoms. The van der Waals surface area contributed by atoms with E-state index in [4.69, 9.17) is 0 Å². The minimum absolute atomic E-state index is 0. The number of imide groups is 2. The Morgan fingerprint density at radius 2 is 1.43 bits per heavy atom. The Bertz CT molecular complexity index is 339. The van der Waals surface area contributed by atoms with Gasteiger partial charge in [-0.05, 0) is 50.6 Å². The van der Waals surface area contributed by atoms with Crippen molar-refractivity contribution in [2.45, 2.75) is 46.0 Å². The predicted molar refractivity (Wildman–Crippen MR) is 82.1 cm³/mol. The quantitative estimate of drug-likeness (QED) is 0.501. The molecule has 3 unspecified atom stereocenters. The number of nitrogens with zero attached hydrogens (tertiary/aromatic N) is 2. The molecule has 0 aromatic carbocycles. The zero-order chi connectivity index (χ0) is 17.0. The molecule has 2 fully saturated rings. The van der Waals surface area contributed by atoms with Crippen LogP contribution in [0.15, 0.2) is 0 Å². The first-order valence-corrected chi connectivity index (χ1v) is 7.58. The summed E-state index contributed by atoms with van der Waals surface area (Å²) < 4.78 is 0. The van der Waals surface area contributed by atoms with Crippen LogP contribution in [0.5, 0.6) is 0 Å². The van der Waals surface area contributed by atoms with E-state index in [1.165, 1.54) is 52.0 Å². The van der Waals surface area contributed by atoms with Gasteiger partial charge in [0, 0.05) is 32.7 Å². The summed E-state index contributed by atoms with van der Waals surface area (Å²) >= 11 is 0. The van der Waals surface area contributed by atoms with Crippen molar-refractivity contribution < 1.29 is 51.9 Å². The summed E-state index contributed by atoms with van der Waals surface area (Å²) in [6.07, 6.45) is 12.1. The van der Waals surface area contributed by atoms with Gasteiger partial charge in [0.2, 0.25) is 0 Å². The van der Waals surface area contributed by atoms with E-state index >= 15 is 0 Å². The van der Waals surface area contributed by atoms with Gasteiger partial charge in [-0.3, -0.25) is 0 Å². The van der Waals surface area contributed by atoms with Gasteiger partial charge in [0.25, 0.3) is 0 Å². The van der Waals surface area contributed by atoms with E-state index in [1.54, 1.807) is 12.8 Å².